The van der Waals surface area contributed by atoms with Crippen molar-refractivity contribution < 1.29 is 19.1 Å². The molecule has 0 bridgehead atoms. The minimum atomic E-state index is -0.506. The number of carbonyl (C=O) groups is 2. The van der Waals surface area contributed by atoms with Crippen LogP contribution in [0.2, 0.25) is 0 Å². The van der Waals surface area contributed by atoms with Crippen LogP contribution in [0, 0.1) is 5.92 Å². The van der Waals surface area contributed by atoms with Crippen LogP contribution in [0.15, 0.2) is 30.7 Å². The standard InChI is InChI=1S/C29H37N7O4/c1-18(20-13-25(37)31-16-20)39-27-26-23(32-17-36(26)21-6-7-21)14-22(33-27)19-5-8-24(30-15-19)34-9-11-35(12-10-34)28(38)40-29(2,3)4/h5,8,14-15,17-18,20-21H,6-7,9-13,16H2,1-4H3,(H,31,37)/t18?,20-/m1/s1. The van der Waals surface area contributed by atoms with E-state index in [1.165, 1.54) is 0 Å². The van der Waals surface area contributed by atoms with Crippen LogP contribution in [0.5, 0.6) is 5.88 Å². The van der Waals surface area contributed by atoms with Gasteiger partial charge in [0.25, 0.3) is 0 Å². The normalized spacial score (nSPS) is 20.5. The van der Waals surface area contributed by atoms with Gasteiger partial charge >= 0.3 is 6.09 Å². The highest BCUT2D eigenvalue weighted by molar-refractivity contribution is 5.85. The summed E-state index contributed by atoms with van der Waals surface area (Å²) in [7, 11) is 0. The SMILES string of the molecule is CC(Oc1nc(-c2ccc(N3CCN(C(=O)OC(C)(C)C)CC3)nc2)cc2ncn(C3CC3)c12)[C@H]1CNC(=O)C1. The molecule has 0 spiro atoms. The van der Waals surface area contributed by atoms with E-state index in [4.69, 9.17) is 19.4 Å². The quantitative estimate of drug-likeness (QED) is 0.496. The molecule has 2 amide bonds. The molecule has 5 heterocycles. The Hall–Kier alpha value is -3.89. The van der Waals surface area contributed by atoms with Gasteiger partial charge in [-0.15, -0.1) is 0 Å². The van der Waals surface area contributed by atoms with Crippen LogP contribution in [0.25, 0.3) is 22.3 Å². The third-order valence-electron chi connectivity index (χ3n) is 7.73. The van der Waals surface area contributed by atoms with Crippen molar-refractivity contribution in [3.63, 3.8) is 0 Å². The Morgan fingerprint density at radius 1 is 1.12 bits per heavy atom. The second-order valence-electron chi connectivity index (χ2n) is 12.0. The van der Waals surface area contributed by atoms with Crippen molar-refractivity contribution in [3.8, 4) is 17.1 Å². The molecule has 2 saturated heterocycles. The molecule has 212 valence electrons. The van der Waals surface area contributed by atoms with Gasteiger partial charge in [0.15, 0.2) is 0 Å². The highest BCUT2D eigenvalue weighted by Crippen LogP contribution is 2.40. The van der Waals surface area contributed by atoms with Gasteiger partial charge < -0.3 is 29.2 Å². The first kappa shape index (κ1) is 26.3. The topological polar surface area (TPSA) is 115 Å². The maximum absolute atomic E-state index is 12.4. The molecule has 3 aromatic rings. The fourth-order valence-electron chi connectivity index (χ4n) is 5.29. The summed E-state index contributed by atoms with van der Waals surface area (Å²) in [5.74, 6) is 1.57. The van der Waals surface area contributed by atoms with Gasteiger partial charge in [0.1, 0.15) is 23.0 Å². The Labute approximate surface area is 233 Å². The van der Waals surface area contributed by atoms with Crippen LogP contribution in [-0.2, 0) is 9.53 Å². The van der Waals surface area contributed by atoms with Crippen LogP contribution in [0.4, 0.5) is 10.6 Å². The van der Waals surface area contributed by atoms with E-state index >= 15 is 0 Å². The van der Waals surface area contributed by atoms with Crippen molar-refractivity contribution in [1.29, 1.82) is 0 Å². The Morgan fingerprint density at radius 2 is 1.90 bits per heavy atom. The Balaban J connectivity index is 1.20. The number of fused-ring (bicyclic) bond motifs is 1. The molecule has 6 rings (SSSR count). The first-order valence-electron chi connectivity index (χ1n) is 14.1. The first-order valence-corrected chi connectivity index (χ1v) is 14.1. The predicted molar refractivity (Wildman–Crippen MR) is 150 cm³/mol. The van der Waals surface area contributed by atoms with Crippen LogP contribution >= 0.6 is 0 Å². The molecule has 40 heavy (non-hydrogen) atoms. The molecule has 0 radical (unpaired) electrons. The van der Waals surface area contributed by atoms with Gasteiger partial charge in [-0.05, 0) is 58.7 Å². The van der Waals surface area contributed by atoms with Crippen LogP contribution in [0.3, 0.4) is 0 Å². The lowest BCUT2D eigenvalue weighted by Gasteiger charge is -2.36. The van der Waals surface area contributed by atoms with E-state index in [9.17, 15) is 9.59 Å². The van der Waals surface area contributed by atoms with Gasteiger partial charge in [-0.2, -0.15) is 0 Å². The molecule has 11 nitrogen and oxygen atoms in total. The molecule has 3 aliphatic rings. The number of nitrogens with zero attached hydrogens (tertiary/aromatic N) is 6. The number of pyridine rings is 2. The summed E-state index contributed by atoms with van der Waals surface area (Å²) in [6, 6.07) is 6.43. The monoisotopic (exact) mass is 547 g/mol. The molecular formula is C29H37N7O4. The van der Waals surface area contributed by atoms with Gasteiger partial charge in [0.05, 0.1) is 17.5 Å². The molecule has 2 aliphatic heterocycles. The van der Waals surface area contributed by atoms with E-state index in [-0.39, 0.29) is 24.0 Å². The number of hydrogen-bond donors (Lipinski definition) is 1. The Morgan fingerprint density at radius 3 is 2.52 bits per heavy atom. The van der Waals surface area contributed by atoms with Crippen molar-refractivity contribution in [3.05, 3.63) is 30.7 Å². The molecule has 3 aromatic heterocycles. The number of imidazole rings is 1. The van der Waals surface area contributed by atoms with Gasteiger partial charge in [-0.25, -0.2) is 19.7 Å². The van der Waals surface area contributed by atoms with Gasteiger partial charge in [0, 0.05) is 62.9 Å². The van der Waals surface area contributed by atoms with Crippen LogP contribution < -0.4 is 15.0 Å². The minimum Gasteiger partial charge on any atom is -0.473 e. The molecular weight excluding hydrogens is 510 g/mol. The van der Waals surface area contributed by atoms with Crippen molar-refractivity contribution in [1.82, 2.24) is 29.7 Å². The fourth-order valence-corrected chi connectivity index (χ4v) is 5.29. The zero-order chi connectivity index (χ0) is 28.0. The van der Waals surface area contributed by atoms with E-state index in [1.807, 2.05) is 58.4 Å². The summed E-state index contributed by atoms with van der Waals surface area (Å²) in [6.45, 7) is 10.8. The number of amides is 2. The molecule has 1 N–H and O–H groups in total. The first-order chi connectivity index (χ1) is 19.1. The molecule has 0 aromatic carbocycles. The fraction of sp³-hybridized carbons (Fsp3) is 0.552. The second kappa shape index (κ2) is 10.3. The summed E-state index contributed by atoms with van der Waals surface area (Å²) < 4.78 is 14.1. The van der Waals surface area contributed by atoms with E-state index in [1.54, 1.807) is 4.90 Å². The third-order valence-corrected chi connectivity index (χ3v) is 7.73. The lowest BCUT2D eigenvalue weighted by atomic mass is 10.0. The molecule has 1 unspecified atom stereocenters. The highest BCUT2D eigenvalue weighted by atomic mass is 16.6. The van der Waals surface area contributed by atoms with E-state index < -0.39 is 5.60 Å². The largest absolute Gasteiger partial charge is 0.473 e. The van der Waals surface area contributed by atoms with Crippen molar-refractivity contribution in [2.24, 2.45) is 5.92 Å². The Kier molecular flexibility index (Phi) is 6.75. The third kappa shape index (κ3) is 5.55. The zero-order valence-electron chi connectivity index (χ0n) is 23.6. The number of anilines is 1. The Bertz CT molecular complexity index is 1400. The summed E-state index contributed by atoms with van der Waals surface area (Å²) in [5.41, 5.74) is 2.85. The summed E-state index contributed by atoms with van der Waals surface area (Å²) in [5, 5.41) is 2.90. The van der Waals surface area contributed by atoms with Crippen LogP contribution in [0.1, 0.15) is 53.0 Å². The smallest absolute Gasteiger partial charge is 0.410 e. The number of carbonyl (C=O) groups excluding carboxylic acids is 2. The van der Waals surface area contributed by atoms with E-state index in [0.29, 0.717) is 51.1 Å². The summed E-state index contributed by atoms with van der Waals surface area (Å²) in [6.07, 6.45) is 5.97. The van der Waals surface area contributed by atoms with Gasteiger partial charge in [0.2, 0.25) is 11.8 Å². The number of rotatable bonds is 6. The van der Waals surface area contributed by atoms with E-state index in [0.717, 1.165) is 41.0 Å². The number of hydrogen-bond acceptors (Lipinski definition) is 8. The predicted octanol–water partition coefficient (Wildman–Crippen LogP) is 3.79. The maximum atomic E-state index is 12.4. The van der Waals surface area contributed by atoms with Gasteiger partial charge in [-0.3, -0.25) is 4.79 Å². The van der Waals surface area contributed by atoms with Crippen molar-refractivity contribution in [2.75, 3.05) is 37.6 Å². The number of ether oxygens (including phenoxy) is 2. The molecule has 11 heteroatoms. The molecule has 1 aliphatic carbocycles. The molecule has 1 saturated carbocycles. The van der Waals surface area contributed by atoms with Crippen molar-refractivity contribution in [2.45, 2.75) is 64.7 Å². The maximum Gasteiger partial charge on any atom is 0.410 e. The van der Waals surface area contributed by atoms with E-state index in [2.05, 4.69) is 19.8 Å². The minimum absolute atomic E-state index is 0.0627. The number of nitrogens with one attached hydrogen (secondary N) is 1. The highest BCUT2D eigenvalue weighted by Gasteiger charge is 2.31. The lowest BCUT2D eigenvalue weighted by Crippen LogP contribution is -2.50. The average Bonchev–Trinajstić information content (AvgIpc) is 3.52. The number of aromatic nitrogens is 4. The summed E-state index contributed by atoms with van der Waals surface area (Å²) in [4.78, 5) is 42.5. The zero-order valence-corrected chi connectivity index (χ0v) is 23.6. The lowest BCUT2D eigenvalue weighted by molar-refractivity contribution is -0.119. The van der Waals surface area contributed by atoms with Crippen molar-refractivity contribution >= 4 is 28.9 Å². The number of piperazine rings is 1. The van der Waals surface area contributed by atoms with Gasteiger partial charge in [-0.1, -0.05) is 0 Å². The molecule has 3 fully saturated rings. The van der Waals surface area contributed by atoms with Crippen LogP contribution in [-0.4, -0.2) is 80.8 Å². The molecule has 2 atom stereocenters. The summed E-state index contributed by atoms with van der Waals surface area (Å²) >= 11 is 0. The second-order valence-corrected chi connectivity index (χ2v) is 12.0. The average molecular weight is 548 g/mol.